The molecule has 0 saturated carbocycles. The first-order chi connectivity index (χ1) is 4.93. The summed E-state index contributed by atoms with van der Waals surface area (Å²) in [6, 6.07) is 0. The minimum atomic E-state index is 0.807. The summed E-state index contributed by atoms with van der Waals surface area (Å²) in [7, 11) is 5.60. The van der Waals surface area contributed by atoms with Crippen LogP contribution in [0.1, 0.15) is 25.7 Å². The second-order valence-electron chi connectivity index (χ2n) is 3.14. The molecule has 1 heterocycles. The minimum Gasteiger partial charge on any atom is -0.317 e. The SMILES string of the molecule is [B]CC1CCCNCCC1. The van der Waals surface area contributed by atoms with Crippen molar-refractivity contribution < 1.29 is 0 Å². The maximum absolute atomic E-state index is 5.60. The van der Waals surface area contributed by atoms with Crippen LogP contribution >= 0.6 is 0 Å². The third-order valence-electron chi connectivity index (χ3n) is 2.27. The summed E-state index contributed by atoms with van der Waals surface area (Å²) in [5.41, 5.74) is 0. The van der Waals surface area contributed by atoms with Gasteiger partial charge in [-0.05, 0) is 44.7 Å². The molecule has 0 aliphatic carbocycles. The molecule has 0 aromatic carbocycles. The van der Waals surface area contributed by atoms with Crippen molar-refractivity contribution in [2.24, 2.45) is 5.92 Å². The molecule has 0 aromatic rings. The summed E-state index contributed by atoms with van der Waals surface area (Å²) in [6.07, 6.45) is 6.15. The van der Waals surface area contributed by atoms with E-state index in [2.05, 4.69) is 5.32 Å². The van der Waals surface area contributed by atoms with Gasteiger partial charge in [0.25, 0.3) is 0 Å². The maximum Gasteiger partial charge on any atom is 0.0656 e. The van der Waals surface area contributed by atoms with Crippen LogP contribution in [0.25, 0.3) is 0 Å². The van der Waals surface area contributed by atoms with Gasteiger partial charge in [-0.2, -0.15) is 0 Å². The molecule has 0 atom stereocenters. The monoisotopic (exact) mass is 137 g/mol. The zero-order valence-corrected chi connectivity index (χ0v) is 6.60. The quantitative estimate of drug-likeness (QED) is 0.538. The van der Waals surface area contributed by atoms with Gasteiger partial charge in [-0.1, -0.05) is 6.32 Å². The predicted molar refractivity (Wildman–Crippen MR) is 45.4 cm³/mol. The molecular weight excluding hydrogens is 121 g/mol. The van der Waals surface area contributed by atoms with Gasteiger partial charge in [-0.25, -0.2) is 0 Å². The molecule has 0 unspecified atom stereocenters. The smallest absolute Gasteiger partial charge is 0.0656 e. The average Bonchev–Trinajstić information content (AvgIpc) is 1.87. The Kier molecular flexibility index (Phi) is 3.88. The Morgan fingerprint density at radius 3 is 2.30 bits per heavy atom. The third-order valence-corrected chi connectivity index (χ3v) is 2.27. The van der Waals surface area contributed by atoms with E-state index in [1.807, 2.05) is 0 Å². The molecule has 0 amide bonds. The van der Waals surface area contributed by atoms with Gasteiger partial charge in [-0.15, -0.1) is 0 Å². The fraction of sp³-hybridized carbons (Fsp3) is 1.00. The largest absolute Gasteiger partial charge is 0.317 e. The molecule has 1 aliphatic heterocycles. The molecule has 0 bridgehead atoms. The van der Waals surface area contributed by atoms with Crippen LogP contribution in [0.15, 0.2) is 0 Å². The van der Waals surface area contributed by atoms with E-state index in [1.165, 1.54) is 38.8 Å². The van der Waals surface area contributed by atoms with E-state index < -0.39 is 0 Å². The minimum absolute atomic E-state index is 0.807. The van der Waals surface area contributed by atoms with Gasteiger partial charge in [-0.3, -0.25) is 0 Å². The highest BCUT2D eigenvalue weighted by atomic mass is 14.8. The highest BCUT2D eigenvalue weighted by Gasteiger charge is 2.07. The van der Waals surface area contributed by atoms with E-state index in [0.717, 1.165) is 12.2 Å². The summed E-state index contributed by atoms with van der Waals surface area (Å²) in [4.78, 5) is 0. The molecule has 56 valence electrons. The molecular formula is C8H16BN. The Morgan fingerprint density at radius 2 is 1.80 bits per heavy atom. The molecule has 1 N–H and O–H groups in total. The van der Waals surface area contributed by atoms with Gasteiger partial charge in [0.05, 0.1) is 7.85 Å². The second kappa shape index (κ2) is 4.78. The van der Waals surface area contributed by atoms with Crippen LogP contribution in [-0.4, -0.2) is 20.9 Å². The number of nitrogens with one attached hydrogen (secondary N) is 1. The highest BCUT2D eigenvalue weighted by Crippen LogP contribution is 2.17. The lowest BCUT2D eigenvalue weighted by Gasteiger charge is -2.18. The van der Waals surface area contributed by atoms with Gasteiger partial charge in [0.1, 0.15) is 0 Å². The maximum atomic E-state index is 5.60. The zero-order valence-electron chi connectivity index (χ0n) is 6.60. The Labute approximate surface area is 65.0 Å². The van der Waals surface area contributed by atoms with Gasteiger partial charge < -0.3 is 5.32 Å². The molecule has 1 saturated heterocycles. The first kappa shape index (κ1) is 8.12. The van der Waals surface area contributed by atoms with E-state index in [0.29, 0.717) is 0 Å². The average molecular weight is 137 g/mol. The van der Waals surface area contributed by atoms with Gasteiger partial charge in [0, 0.05) is 0 Å². The Balaban J connectivity index is 2.16. The summed E-state index contributed by atoms with van der Waals surface area (Å²) < 4.78 is 0. The van der Waals surface area contributed by atoms with Crippen LogP contribution in [0.2, 0.25) is 6.32 Å². The van der Waals surface area contributed by atoms with Crippen LogP contribution in [0.3, 0.4) is 0 Å². The number of hydrogen-bond acceptors (Lipinski definition) is 1. The van der Waals surface area contributed by atoms with E-state index in [1.54, 1.807) is 0 Å². The van der Waals surface area contributed by atoms with E-state index in [4.69, 9.17) is 7.85 Å². The molecule has 1 nitrogen and oxygen atoms in total. The Hall–Kier alpha value is 0.0249. The van der Waals surface area contributed by atoms with Crippen LogP contribution in [-0.2, 0) is 0 Å². The number of rotatable bonds is 1. The molecule has 10 heavy (non-hydrogen) atoms. The second-order valence-corrected chi connectivity index (χ2v) is 3.14. The summed E-state index contributed by atoms with van der Waals surface area (Å²) in [5.74, 6) is 0.807. The van der Waals surface area contributed by atoms with Crippen molar-refractivity contribution in [3.63, 3.8) is 0 Å². The summed E-state index contributed by atoms with van der Waals surface area (Å²) >= 11 is 0. The Morgan fingerprint density at radius 1 is 1.20 bits per heavy atom. The van der Waals surface area contributed by atoms with E-state index >= 15 is 0 Å². The fourth-order valence-corrected chi connectivity index (χ4v) is 1.54. The van der Waals surface area contributed by atoms with E-state index in [-0.39, 0.29) is 0 Å². The third kappa shape index (κ3) is 2.74. The first-order valence-electron chi connectivity index (χ1n) is 4.34. The molecule has 0 spiro atoms. The lowest BCUT2D eigenvalue weighted by molar-refractivity contribution is 0.414. The standard InChI is InChI=1S/C8H16BN/c9-7-8-3-1-5-10-6-2-4-8/h8,10H,1-7H2. The van der Waals surface area contributed by atoms with Crippen molar-refractivity contribution in [1.29, 1.82) is 0 Å². The summed E-state index contributed by atoms with van der Waals surface area (Å²) in [5, 5.41) is 3.39. The lowest BCUT2D eigenvalue weighted by atomic mass is 9.84. The lowest BCUT2D eigenvalue weighted by Crippen LogP contribution is -2.21. The molecule has 2 radical (unpaired) electrons. The zero-order chi connectivity index (χ0) is 7.23. The predicted octanol–water partition coefficient (Wildman–Crippen LogP) is 1.35. The molecule has 2 heteroatoms. The highest BCUT2D eigenvalue weighted by molar-refractivity contribution is 6.08. The first-order valence-corrected chi connectivity index (χ1v) is 4.34. The van der Waals surface area contributed by atoms with Crippen molar-refractivity contribution in [3.05, 3.63) is 0 Å². The van der Waals surface area contributed by atoms with Gasteiger partial charge >= 0.3 is 0 Å². The van der Waals surface area contributed by atoms with Crippen LogP contribution in [0.5, 0.6) is 0 Å². The van der Waals surface area contributed by atoms with Crippen molar-refractivity contribution in [2.75, 3.05) is 13.1 Å². The van der Waals surface area contributed by atoms with E-state index in [9.17, 15) is 0 Å². The van der Waals surface area contributed by atoms with Gasteiger partial charge in [0.2, 0.25) is 0 Å². The van der Waals surface area contributed by atoms with Gasteiger partial charge in [0.15, 0.2) is 0 Å². The number of hydrogen-bond donors (Lipinski definition) is 1. The fourth-order valence-electron chi connectivity index (χ4n) is 1.54. The summed E-state index contributed by atoms with van der Waals surface area (Å²) in [6.45, 7) is 2.38. The van der Waals surface area contributed by atoms with Crippen molar-refractivity contribution in [1.82, 2.24) is 5.32 Å². The van der Waals surface area contributed by atoms with Crippen molar-refractivity contribution in [2.45, 2.75) is 32.0 Å². The Bertz CT molecular complexity index is 77.3. The normalized spacial score (nSPS) is 23.6. The molecule has 1 fully saturated rings. The molecule has 0 aromatic heterocycles. The molecule has 1 rings (SSSR count). The van der Waals surface area contributed by atoms with Crippen LogP contribution < -0.4 is 5.32 Å². The van der Waals surface area contributed by atoms with Crippen molar-refractivity contribution >= 4 is 7.85 Å². The van der Waals surface area contributed by atoms with Crippen LogP contribution in [0, 0.1) is 5.92 Å². The van der Waals surface area contributed by atoms with Crippen molar-refractivity contribution in [3.8, 4) is 0 Å². The molecule has 1 aliphatic rings. The topological polar surface area (TPSA) is 12.0 Å². The van der Waals surface area contributed by atoms with Crippen LogP contribution in [0.4, 0.5) is 0 Å².